The molecule has 1 aromatic rings. The number of carbonyl (C=O) groups excluding carboxylic acids is 2. The second-order valence-corrected chi connectivity index (χ2v) is 5.02. The highest BCUT2D eigenvalue weighted by Crippen LogP contribution is 2.31. The molecule has 1 atom stereocenters. The SMILES string of the molecule is O=C1COc2ccc(NC(=O)C3CC=CCC3)cc2N1. The number of fused-ring (bicyclic) bond motifs is 1. The largest absolute Gasteiger partial charge is 0.482 e. The van der Waals surface area contributed by atoms with Gasteiger partial charge in [-0.3, -0.25) is 9.59 Å². The number of ether oxygens (including phenoxy) is 1. The minimum Gasteiger partial charge on any atom is -0.482 e. The smallest absolute Gasteiger partial charge is 0.262 e. The Morgan fingerprint density at radius 2 is 2.25 bits per heavy atom. The van der Waals surface area contributed by atoms with E-state index >= 15 is 0 Å². The van der Waals surface area contributed by atoms with Crippen LogP contribution >= 0.6 is 0 Å². The van der Waals surface area contributed by atoms with E-state index in [2.05, 4.69) is 22.8 Å². The average Bonchev–Trinajstić information content (AvgIpc) is 2.47. The molecular formula is C15H16N2O3. The van der Waals surface area contributed by atoms with E-state index in [9.17, 15) is 9.59 Å². The Bertz CT molecular complexity index is 580. The number of hydrogen-bond donors (Lipinski definition) is 2. The second kappa shape index (κ2) is 5.36. The topological polar surface area (TPSA) is 67.4 Å². The van der Waals surface area contributed by atoms with Crippen molar-refractivity contribution >= 4 is 23.2 Å². The molecule has 20 heavy (non-hydrogen) atoms. The summed E-state index contributed by atoms with van der Waals surface area (Å²) in [4.78, 5) is 23.4. The zero-order valence-corrected chi connectivity index (χ0v) is 11.0. The van der Waals surface area contributed by atoms with Crippen LogP contribution in [0.4, 0.5) is 11.4 Å². The first-order valence-electron chi connectivity index (χ1n) is 6.75. The van der Waals surface area contributed by atoms with Gasteiger partial charge in [0.2, 0.25) is 5.91 Å². The fraction of sp³-hybridized carbons (Fsp3) is 0.333. The number of anilines is 2. The normalized spacial score (nSPS) is 20.6. The van der Waals surface area contributed by atoms with Crippen molar-refractivity contribution in [2.45, 2.75) is 19.3 Å². The number of hydrogen-bond acceptors (Lipinski definition) is 3. The molecule has 1 unspecified atom stereocenters. The van der Waals surface area contributed by atoms with Crippen molar-refractivity contribution in [3.8, 4) is 5.75 Å². The summed E-state index contributed by atoms with van der Waals surface area (Å²) in [6.07, 6.45) is 6.78. The lowest BCUT2D eigenvalue weighted by Crippen LogP contribution is -2.26. The summed E-state index contributed by atoms with van der Waals surface area (Å²) in [6, 6.07) is 5.26. The van der Waals surface area contributed by atoms with Gasteiger partial charge in [0.05, 0.1) is 5.69 Å². The maximum Gasteiger partial charge on any atom is 0.262 e. The molecule has 2 N–H and O–H groups in total. The summed E-state index contributed by atoms with van der Waals surface area (Å²) in [7, 11) is 0. The number of benzene rings is 1. The predicted molar refractivity (Wildman–Crippen MR) is 75.7 cm³/mol. The Hall–Kier alpha value is -2.30. The molecule has 5 heteroatoms. The van der Waals surface area contributed by atoms with E-state index in [1.807, 2.05) is 0 Å². The van der Waals surface area contributed by atoms with Crippen LogP contribution in [0.5, 0.6) is 5.75 Å². The first-order valence-corrected chi connectivity index (χ1v) is 6.75. The van der Waals surface area contributed by atoms with Crippen LogP contribution in [0.15, 0.2) is 30.4 Å². The molecule has 0 fully saturated rings. The van der Waals surface area contributed by atoms with Gasteiger partial charge in [-0.15, -0.1) is 0 Å². The molecule has 0 saturated heterocycles. The minimum atomic E-state index is -0.182. The molecule has 1 aromatic carbocycles. The Morgan fingerprint density at radius 3 is 3.05 bits per heavy atom. The molecule has 3 rings (SSSR count). The number of rotatable bonds is 2. The first-order chi connectivity index (χ1) is 9.72. The van der Waals surface area contributed by atoms with Crippen LogP contribution < -0.4 is 15.4 Å². The van der Waals surface area contributed by atoms with E-state index in [4.69, 9.17) is 4.74 Å². The summed E-state index contributed by atoms with van der Waals surface area (Å²) in [5.74, 6) is 0.501. The van der Waals surface area contributed by atoms with Gasteiger partial charge in [0, 0.05) is 11.6 Å². The summed E-state index contributed by atoms with van der Waals surface area (Å²) < 4.78 is 5.28. The molecule has 104 valence electrons. The van der Waals surface area contributed by atoms with Gasteiger partial charge in [-0.1, -0.05) is 12.2 Å². The Balaban J connectivity index is 1.71. The third-order valence-corrected chi connectivity index (χ3v) is 3.52. The number of carbonyl (C=O) groups is 2. The van der Waals surface area contributed by atoms with Gasteiger partial charge in [0.1, 0.15) is 5.75 Å². The highest BCUT2D eigenvalue weighted by atomic mass is 16.5. The molecule has 2 aliphatic rings. The first kappa shape index (κ1) is 12.7. The van der Waals surface area contributed by atoms with Crippen molar-refractivity contribution in [2.75, 3.05) is 17.2 Å². The van der Waals surface area contributed by atoms with Crippen molar-refractivity contribution in [1.82, 2.24) is 0 Å². The molecule has 1 aliphatic carbocycles. The third-order valence-electron chi connectivity index (χ3n) is 3.52. The van der Waals surface area contributed by atoms with Crippen molar-refractivity contribution < 1.29 is 14.3 Å². The lowest BCUT2D eigenvalue weighted by molar-refractivity contribution is -0.120. The molecule has 1 heterocycles. The second-order valence-electron chi connectivity index (χ2n) is 5.02. The van der Waals surface area contributed by atoms with Crippen molar-refractivity contribution in [2.24, 2.45) is 5.92 Å². The van der Waals surface area contributed by atoms with Gasteiger partial charge >= 0.3 is 0 Å². The van der Waals surface area contributed by atoms with E-state index in [1.54, 1.807) is 18.2 Å². The highest BCUT2D eigenvalue weighted by Gasteiger charge is 2.20. The van der Waals surface area contributed by atoms with Crippen LogP contribution in [0.25, 0.3) is 0 Å². The molecular weight excluding hydrogens is 256 g/mol. The Morgan fingerprint density at radius 1 is 1.35 bits per heavy atom. The van der Waals surface area contributed by atoms with Crippen LogP contribution in [0.3, 0.4) is 0 Å². The number of nitrogens with one attached hydrogen (secondary N) is 2. The van der Waals surface area contributed by atoms with Crippen LogP contribution in [-0.2, 0) is 9.59 Å². The van der Waals surface area contributed by atoms with Gasteiger partial charge < -0.3 is 15.4 Å². The zero-order valence-electron chi connectivity index (χ0n) is 11.0. The van der Waals surface area contributed by atoms with Crippen LogP contribution in [0.2, 0.25) is 0 Å². The van der Waals surface area contributed by atoms with E-state index in [0.29, 0.717) is 17.1 Å². The summed E-state index contributed by atoms with van der Waals surface area (Å²) in [6.45, 7) is 0.0348. The molecule has 5 nitrogen and oxygen atoms in total. The van der Waals surface area contributed by atoms with Crippen LogP contribution in [0, 0.1) is 5.92 Å². The highest BCUT2D eigenvalue weighted by molar-refractivity contribution is 5.98. The van der Waals surface area contributed by atoms with E-state index < -0.39 is 0 Å². The summed E-state index contributed by atoms with van der Waals surface area (Å²) in [5.41, 5.74) is 1.27. The monoisotopic (exact) mass is 272 g/mol. The molecule has 0 bridgehead atoms. The van der Waals surface area contributed by atoms with E-state index in [0.717, 1.165) is 19.3 Å². The van der Waals surface area contributed by atoms with Gasteiger partial charge in [-0.05, 0) is 37.5 Å². The predicted octanol–water partition coefficient (Wildman–Crippen LogP) is 2.31. The average molecular weight is 272 g/mol. The lowest BCUT2D eigenvalue weighted by Gasteiger charge is -2.20. The molecule has 1 aliphatic heterocycles. The van der Waals surface area contributed by atoms with Crippen molar-refractivity contribution in [3.05, 3.63) is 30.4 Å². The summed E-state index contributed by atoms with van der Waals surface area (Å²) >= 11 is 0. The van der Waals surface area contributed by atoms with Gasteiger partial charge in [-0.2, -0.15) is 0 Å². The van der Waals surface area contributed by atoms with Crippen molar-refractivity contribution in [1.29, 1.82) is 0 Å². The molecule has 0 saturated carbocycles. The third kappa shape index (κ3) is 2.66. The van der Waals surface area contributed by atoms with Crippen LogP contribution in [0.1, 0.15) is 19.3 Å². The van der Waals surface area contributed by atoms with E-state index in [1.165, 1.54) is 0 Å². The minimum absolute atomic E-state index is 0.0253. The standard InChI is InChI=1S/C15H16N2O3/c18-14-9-20-13-7-6-11(8-12(13)17-14)16-15(19)10-4-2-1-3-5-10/h1-2,6-8,10H,3-5,9H2,(H,16,19)(H,17,18). The van der Waals surface area contributed by atoms with E-state index in [-0.39, 0.29) is 24.3 Å². The van der Waals surface area contributed by atoms with Crippen LogP contribution in [-0.4, -0.2) is 18.4 Å². The lowest BCUT2D eigenvalue weighted by atomic mass is 9.93. The fourth-order valence-electron chi connectivity index (χ4n) is 2.44. The number of amides is 2. The van der Waals surface area contributed by atoms with Gasteiger partial charge in [0.25, 0.3) is 5.91 Å². The van der Waals surface area contributed by atoms with Gasteiger partial charge in [0.15, 0.2) is 6.61 Å². The maximum absolute atomic E-state index is 12.1. The molecule has 0 spiro atoms. The quantitative estimate of drug-likeness (QED) is 0.812. The van der Waals surface area contributed by atoms with Crippen molar-refractivity contribution in [3.63, 3.8) is 0 Å². The molecule has 0 radical (unpaired) electrons. The summed E-state index contributed by atoms with van der Waals surface area (Å²) in [5, 5.41) is 5.62. The number of allylic oxidation sites excluding steroid dienone is 2. The Labute approximate surface area is 117 Å². The Kier molecular flexibility index (Phi) is 3.41. The molecule has 2 amide bonds. The zero-order chi connectivity index (χ0) is 13.9. The maximum atomic E-state index is 12.1. The van der Waals surface area contributed by atoms with Gasteiger partial charge in [-0.25, -0.2) is 0 Å². The fourth-order valence-corrected chi connectivity index (χ4v) is 2.44. The molecule has 0 aromatic heterocycles.